The van der Waals surface area contributed by atoms with E-state index in [1.807, 2.05) is 19.9 Å². The molecule has 0 aromatic heterocycles. The summed E-state index contributed by atoms with van der Waals surface area (Å²) in [6.45, 7) is 4.94. The minimum absolute atomic E-state index is 0.337. The van der Waals surface area contributed by atoms with Gasteiger partial charge in [0.1, 0.15) is 0 Å². The lowest BCUT2D eigenvalue weighted by Gasteiger charge is -2.21. The van der Waals surface area contributed by atoms with E-state index in [9.17, 15) is 8.42 Å². The highest BCUT2D eigenvalue weighted by atomic mass is 32.2. The third-order valence-electron chi connectivity index (χ3n) is 4.31. The quantitative estimate of drug-likeness (QED) is 0.782. The van der Waals surface area contributed by atoms with Crippen molar-refractivity contribution in [3.05, 3.63) is 29.3 Å². The maximum Gasteiger partial charge on any atom is 0.240 e. The Hall–Kier alpha value is -0.910. The van der Waals surface area contributed by atoms with Crippen molar-refractivity contribution in [3.63, 3.8) is 0 Å². The molecular formula is C17H27NO3S. The second kappa shape index (κ2) is 8.09. The van der Waals surface area contributed by atoms with E-state index in [1.54, 1.807) is 12.1 Å². The van der Waals surface area contributed by atoms with Crippen molar-refractivity contribution in [3.8, 4) is 0 Å². The first kappa shape index (κ1) is 17.4. The first-order valence-corrected chi connectivity index (χ1v) is 9.66. The van der Waals surface area contributed by atoms with Crippen LogP contribution in [0.4, 0.5) is 0 Å². The third-order valence-corrected chi connectivity index (χ3v) is 5.77. The summed E-state index contributed by atoms with van der Waals surface area (Å²) in [5, 5.41) is 0. The summed E-state index contributed by atoms with van der Waals surface area (Å²) in [5.41, 5.74) is 2.09. The third kappa shape index (κ3) is 5.07. The number of rotatable bonds is 7. The van der Waals surface area contributed by atoms with Crippen molar-refractivity contribution in [1.82, 2.24) is 4.72 Å². The number of hydrogen-bond acceptors (Lipinski definition) is 3. The summed E-state index contributed by atoms with van der Waals surface area (Å²) < 4.78 is 32.9. The van der Waals surface area contributed by atoms with E-state index in [4.69, 9.17) is 4.74 Å². The van der Waals surface area contributed by atoms with Crippen LogP contribution in [-0.2, 0) is 14.8 Å². The lowest BCUT2D eigenvalue weighted by atomic mass is 9.98. The van der Waals surface area contributed by atoms with Gasteiger partial charge in [-0.05, 0) is 56.4 Å². The Morgan fingerprint density at radius 3 is 2.55 bits per heavy atom. The van der Waals surface area contributed by atoms with Gasteiger partial charge in [0.25, 0.3) is 0 Å². The molecule has 1 saturated carbocycles. The van der Waals surface area contributed by atoms with Crippen molar-refractivity contribution < 1.29 is 13.2 Å². The van der Waals surface area contributed by atoms with E-state index < -0.39 is 10.0 Å². The zero-order valence-electron chi connectivity index (χ0n) is 13.6. The zero-order valence-corrected chi connectivity index (χ0v) is 14.4. The van der Waals surface area contributed by atoms with Gasteiger partial charge < -0.3 is 4.74 Å². The number of ether oxygens (including phenoxy) is 1. The predicted molar refractivity (Wildman–Crippen MR) is 88.5 cm³/mol. The largest absolute Gasteiger partial charge is 0.378 e. The van der Waals surface area contributed by atoms with E-state index in [1.165, 1.54) is 19.3 Å². The SMILES string of the molecule is Cc1ccc(S(=O)(=O)NCCCOC2CCCCC2)cc1C. The van der Waals surface area contributed by atoms with Crippen LogP contribution in [0.1, 0.15) is 49.7 Å². The van der Waals surface area contributed by atoms with Crippen LogP contribution in [0, 0.1) is 13.8 Å². The molecule has 0 unspecified atom stereocenters. The highest BCUT2D eigenvalue weighted by Crippen LogP contribution is 2.20. The molecule has 2 rings (SSSR count). The number of nitrogens with one attached hydrogen (secondary N) is 1. The average molecular weight is 325 g/mol. The van der Waals surface area contributed by atoms with E-state index in [2.05, 4.69) is 4.72 Å². The fraction of sp³-hybridized carbons (Fsp3) is 0.647. The van der Waals surface area contributed by atoms with Gasteiger partial charge in [0, 0.05) is 13.2 Å². The highest BCUT2D eigenvalue weighted by molar-refractivity contribution is 7.89. The molecule has 1 aliphatic carbocycles. The lowest BCUT2D eigenvalue weighted by molar-refractivity contribution is 0.0278. The van der Waals surface area contributed by atoms with E-state index in [0.29, 0.717) is 30.6 Å². The van der Waals surface area contributed by atoms with Crippen molar-refractivity contribution in [2.24, 2.45) is 0 Å². The summed E-state index contributed by atoms with van der Waals surface area (Å²) in [4.78, 5) is 0.337. The summed E-state index contributed by atoms with van der Waals surface area (Å²) >= 11 is 0. The molecule has 0 bridgehead atoms. The lowest BCUT2D eigenvalue weighted by Crippen LogP contribution is -2.26. The van der Waals surface area contributed by atoms with Crippen molar-refractivity contribution >= 4 is 10.0 Å². The van der Waals surface area contributed by atoms with E-state index in [-0.39, 0.29) is 0 Å². The zero-order chi connectivity index (χ0) is 16.0. The second-order valence-electron chi connectivity index (χ2n) is 6.13. The molecule has 0 spiro atoms. The summed E-state index contributed by atoms with van der Waals surface area (Å²) in [7, 11) is -3.41. The van der Waals surface area contributed by atoms with Crippen LogP contribution in [0.3, 0.4) is 0 Å². The fourth-order valence-corrected chi connectivity index (χ4v) is 3.88. The van der Waals surface area contributed by atoms with Crippen LogP contribution in [0.2, 0.25) is 0 Å². The van der Waals surface area contributed by atoms with E-state index in [0.717, 1.165) is 24.0 Å². The Morgan fingerprint density at radius 1 is 1.14 bits per heavy atom. The van der Waals surface area contributed by atoms with Crippen LogP contribution in [0.25, 0.3) is 0 Å². The molecule has 1 aromatic rings. The molecule has 22 heavy (non-hydrogen) atoms. The fourth-order valence-electron chi connectivity index (χ4n) is 2.72. The Balaban J connectivity index is 1.74. The first-order valence-electron chi connectivity index (χ1n) is 8.17. The Labute approximate surface area is 134 Å². The van der Waals surface area contributed by atoms with Gasteiger partial charge >= 0.3 is 0 Å². The van der Waals surface area contributed by atoms with Gasteiger partial charge in [0.2, 0.25) is 10.0 Å². The summed E-state index contributed by atoms with van der Waals surface area (Å²) in [6, 6.07) is 5.22. The second-order valence-corrected chi connectivity index (χ2v) is 7.90. The highest BCUT2D eigenvalue weighted by Gasteiger charge is 2.15. The van der Waals surface area contributed by atoms with Crippen molar-refractivity contribution in [2.45, 2.75) is 63.4 Å². The summed E-state index contributed by atoms with van der Waals surface area (Å²) in [5.74, 6) is 0. The molecule has 4 nitrogen and oxygen atoms in total. The monoisotopic (exact) mass is 325 g/mol. The molecule has 1 aliphatic rings. The van der Waals surface area contributed by atoms with Crippen LogP contribution in [-0.4, -0.2) is 27.7 Å². The summed E-state index contributed by atoms with van der Waals surface area (Å²) in [6.07, 6.45) is 7.21. The topological polar surface area (TPSA) is 55.4 Å². The van der Waals surface area contributed by atoms with Crippen LogP contribution in [0.15, 0.2) is 23.1 Å². The van der Waals surface area contributed by atoms with Crippen molar-refractivity contribution in [2.75, 3.05) is 13.2 Å². The number of benzene rings is 1. The maximum atomic E-state index is 12.2. The van der Waals surface area contributed by atoms with Crippen LogP contribution in [0.5, 0.6) is 0 Å². The van der Waals surface area contributed by atoms with Gasteiger partial charge in [-0.15, -0.1) is 0 Å². The molecule has 5 heteroatoms. The molecule has 0 saturated heterocycles. The molecule has 1 aromatic carbocycles. The van der Waals surface area contributed by atoms with Crippen LogP contribution < -0.4 is 4.72 Å². The Kier molecular flexibility index (Phi) is 6.41. The molecule has 0 aliphatic heterocycles. The Bertz CT molecular complexity index is 578. The minimum atomic E-state index is -3.41. The number of sulfonamides is 1. The molecule has 0 amide bonds. The first-order chi connectivity index (χ1) is 10.5. The normalized spacial score (nSPS) is 16.8. The van der Waals surface area contributed by atoms with Gasteiger partial charge in [-0.3, -0.25) is 0 Å². The van der Waals surface area contributed by atoms with E-state index >= 15 is 0 Å². The molecule has 0 atom stereocenters. The standard InChI is InChI=1S/C17H27NO3S/c1-14-9-10-17(13-15(14)2)22(19,20)18-11-6-12-21-16-7-4-3-5-8-16/h9-10,13,16,18H,3-8,11-12H2,1-2H3. The van der Waals surface area contributed by atoms with Gasteiger partial charge in [-0.25, -0.2) is 13.1 Å². The molecule has 0 heterocycles. The predicted octanol–water partition coefficient (Wildman–Crippen LogP) is 3.32. The molecule has 1 N–H and O–H groups in total. The van der Waals surface area contributed by atoms with Gasteiger partial charge in [-0.2, -0.15) is 0 Å². The maximum absolute atomic E-state index is 12.2. The average Bonchev–Trinajstić information content (AvgIpc) is 2.50. The Morgan fingerprint density at radius 2 is 1.86 bits per heavy atom. The van der Waals surface area contributed by atoms with Crippen molar-refractivity contribution in [1.29, 1.82) is 0 Å². The molecule has 1 fully saturated rings. The van der Waals surface area contributed by atoms with Gasteiger partial charge in [0.05, 0.1) is 11.0 Å². The van der Waals surface area contributed by atoms with Crippen LogP contribution >= 0.6 is 0 Å². The minimum Gasteiger partial charge on any atom is -0.378 e. The molecule has 0 radical (unpaired) electrons. The molecular weight excluding hydrogens is 298 g/mol. The number of aryl methyl sites for hydroxylation is 2. The number of hydrogen-bond donors (Lipinski definition) is 1. The molecule has 124 valence electrons. The van der Waals surface area contributed by atoms with Gasteiger partial charge in [0.15, 0.2) is 0 Å². The smallest absolute Gasteiger partial charge is 0.240 e. The van der Waals surface area contributed by atoms with Gasteiger partial charge in [-0.1, -0.05) is 25.3 Å².